The fraction of sp³-hybridized carbons (Fsp3) is 0.200. The van der Waals surface area contributed by atoms with Crippen molar-refractivity contribution in [1.82, 2.24) is 5.32 Å². The lowest BCUT2D eigenvalue weighted by atomic mass is 10.1. The predicted molar refractivity (Wildman–Crippen MR) is 80.8 cm³/mol. The van der Waals surface area contributed by atoms with Crippen LogP contribution in [0.4, 0.5) is 11.4 Å². The van der Waals surface area contributed by atoms with Crippen molar-refractivity contribution in [2.75, 3.05) is 6.54 Å². The molecule has 2 aromatic carbocycles. The van der Waals surface area contributed by atoms with Crippen molar-refractivity contribution < 1.29 is 14.6 Å². The molecule has 0 spiro atoms. The zero-order valence-corrected chi connectivity index (χ0v) is 11.9. The highest BCUT2D eigenvalue weighted by Crippen LogP contribution is 2.32. The van der Waals surface area contributed by atoms with Crippen molar-refractivity contribution in [3.05, 3.63) is 79.9 Å². The summed E-state index contributed by atoms with van der Waals surface area (Å²) in [7, 11) is 0. The summed E-state index contributed by atoms with van der Waals surface area (Å²) >= 11 is 0. The highest BCUT2D eigenvalue weighted by molar-refractivity contribution is 5.36. The van der Waals surface area contributed by atoms with Gasteiger partial charge in [0.05, 0.1) is 16.0 Å². The zero-order chi connectivity index (χ0) is 16.4. The minimum absolute atomic E-state index is 0.00619. The molecule has 0 bridgehead atoms. The van der Waals surface area contributed by atoms with Crippen LogP contribution in [0, 0.1) is 20.2 Å². The number of rotatable bonds is 4. The van der Waals surface area contributed by atoms with Crippen LogP contribution in [-0.2, 0) is 4.74 Å². The lowest BCUT2D eigenvalue weighted by Gasteiger charge is -2.13. The Labute approximate surface area is 131 Å². The molecule has 8 nitrogen and oxygen atoms in total. The molecule has 1 saturated heterocycles. The summed E-state index contributed by atoms with van der Waals surface area (Å²) in [5.41, 5.74) is 1.52. The number of hydrogen-bond donors (Lipinski definition) is 1. The summed E-state index contributed by atoms with van der Waals surface area (Å²) in [6, 6.07) is 12.4. The minimum atomic E-state index is -0.455. The number of nitrogens with zero attached hydrogens (tertiary/aromatic N) is 2. The fourth-order valence-electron chi connectivity index (χ4n) is 2.48. The maximum atomic E-state index is 10.8. The average Bonchev–Trinajstić information content (AvgIpc) is 3.05. The minimum Gasteiger partial charge on any atom is -0.350 e. The largest absolute Gasteiger partial charge is 0.350 e. The molecular weight excluding hydrogens is 302 g/mol. The van der Waals surface area contributed by atoms with E-state index in [0.29, 0.717) is 12.1 Å². The number of nitro groups is 2. The van der Waals surface area contributed by atoms with E-state index in [1.54, 1.807) is 24.3 Å². The van der Waals surface area contributed by atoms with E-state index in [4.69, 9.17) is 4.74 Å². The average molecular weight is 315 g/mol. The zero-order valence-electron chi connectivity index (χ0n) is 11.9. The topological polar surface area (TPSA) is 108 Å². The van der Waals surface area contributed by atoms with Gasteiger partial charge in [0.25, 0.3) is 11.4 Å². The van der Waals surface area contributed by atoms with E-state index in [2.05, 4.69) is 5.32 Å². The Kier molecular flexibility index (Phi) is 4.00. The Morgan fingerprint density at radius 1 is 0.957 bits per heavy atom. The van der Waals surface area contributed by atoms with Gasteiger partial charge < -0.3 is 4.74 Å². The number of hydrogen-bond acceptors (Lipinski definition) is 6. The van der Waals surface area contributed by atoms with Crippen LogP contribution in [0.15, 0.2) is 48.5 Å². The third-order valence-corrected chi connectivity index (χ3v) is 3.65. The number of ether oxygens (including phenoxy) is 1. The maximum Gasteiger partial charge on any atom is 0.269 e. The van der Waals surface area contributed by atoms with E-state index in [0.717, 1.165) is 5.56 Å². The fourth-order valence-corrected chi connectivity index (χ4v) is 2.48. The first-order valence-corrected chi connectivity index (χ1v) is 6.92. The molecule has 0 amide bonds. The highest BCUT2D eigenvalue weighted by Gasteiger charge is 2.28. The molecule has 8 heteroatoms. The lowest BCUT2D eigenvalue weighted by molar-refractivity contribution is -0.385. The Hall–Kier alpha value is -2.84. The summed E-state index contributed by atoms with van der Waals surface area (Å²) in [5.74, 6) is 0. The molecule has 0 saturated carbocycles. The van der Waals surface area contributed by atoms with E-state index in [1.807, 2.05) is 0 Å². The molecule has 23 heavy (non-hydrogen) atoms. The van der Waals surface area contributed by atoms with Gasteiger partial charge in [-0.3, -0.25) is 25.5 Å². The second-order valence-corrected chi connectivity index (χ2v) is 5.11. The Balaban J connectivity index is 1.74. The SMILES string of the molecule is O=[N+]([O-])c1ccc(C2CNC(c3cccc([N+](=O)[O-])c3)O2)cc1. The summed E-state index contributed by atoms with van der Waals surface area (Å²) in [6.07, 6.45) is -0.713. The van der Waals surface area contributed by atoms with Gasteiger partial charge in [0.15, 0.2) is 0 Å². The molecule has 1 N–H and O–H groups in total. The smallest absolute Gasteiger partial charge is 0.269 e. The molecular formula is C15H13N3O5. The van der Waals surface area contributed by atoms with Crippen LogP contribution in [0.1, 0.15) is 23.5 Å². The lowest BCUT2D eigenvalue weighted by Crippen LogP contribution is -2.14. The van der Waals surface area contributed by atoms with Crippen molar-refractivity contribution in [3.8, 4) is 0 Å². The van der Waals surface area contributed by atoms with Gasteiger partial charge in [0.1, 0.15) is 6.23 Å². The van der Waals surface area contributed by atoms with Crippen LogP contribution in [0.25, 0.3) is 0 Å². The molecule has 1 fully saturated rings. The first-order valence-electron chi connectivity index (χ1n) is 6.92. The van der Waals surface area contributed by atoms with Crippen molar-refractivity contribution in [2.45, 2.75) is 12.3 Å². The third kappa shape index (κ3) is 3.17. The second-order valence-electron chi connectivity index (χ2n) is 5.11. The summed E-state index contributed by atoms with van der Waals surface area (Å²) in [5, 5.41) is 24.6. The van der Waals surface area contributed by atoms with Gasteiger partial charge >= 0.3 is 0 Å². The van der Waals surface area contributed by atoms with Crippen molar-refractivity contribution >= 4 is 11.4 Å². The Bertz CT molecular complexity index is 747. The van der Waals surface area contributed by atoms with Crippen LogP contribution in [0.2, 0.25) is 0 Å². The molecule has 1 aliphatic rings. The number of nitrogens with one attached hydrogen (secondary N) is 1. The second kappa shape index (κ2) is 6.11. The molecule has 0 aromatic heterocycles. The molecule has 2 unspecified atom stereocenters. The van der Waals surface area contributed by atoms with Crippen molar-refractivity contribution in [3.63, 3.8) is 0 Å². The number of nitro benzene ring substituents is 2. The maximum absolute atomic E-state index is 10.8. The van der Waals surface area contributed by atoms with Gasteiger partial charge in [0, 0.05) is 36.4 Å². The third-order valence-electron chi connectivity index (χ3n) is 3.65. The Morgan fingerprint density at radius 3 is 2.30 bits per heavy atom. The quantitative estimate of drug-likeness (QED) is 0.686. The summed E-state index contributed by atoms with van der Waals surface area (Å²) < 4.78 is 5.87. The van der Waals surface area contributed by atoms with Crippen LogP contribution in [0.5, 0.6) is 0 Å². The molecule has 118 valence electrons. The van der Waals surface area contributed by atoms with Crippen LogP contribution in [-0.4, -0.2) is 16.4 Å². The van der Waals surface area contributed by atoms with E-state index in [1.165, 1.54) is 24.3 Å². The van der Waals surface area contributed by atoms with Gasteiger partial charge in [-0.05, 0) is 17.7 Å². The van der Waals surface area contributed by atoms with E-state index < -0.39 is 16.1 Å². The first-order chi connectivity index (χ1) is 11.0. The van der Waals surface area contributed by atoms with Crippen molar-refractivity contribution in [1.29, 1.82) is 0 Å². The Morgan fingerprint density at radius 2 is 1.65 bits per heavy atom. The monoisotopic (exact) mass is 315 g/mol. The molecule has 0 aliphatic carbocycles. The van der Waals surface area contributed by atoms with Gasteiger partial charge in [0.2, 0.25) is 0 Å². The van der Waals surface area contributed by atoms with Crippen LogP contribution < -0.4 is 5.32 Å². The normalized spacial score (nSPS) is 20.3. The number of benzene rings is 2. The highest BCUT2D eigenvalue weighted by atomic mass is 16.6. The first kappa shape index (κ1) is 15.1. The molecule has 2 aromatic rings. The molecule has 1 heterocycles. The predicted octanol–water partition coefficient (Wildman–Crippen LogP) is 2.86. The summed E-state index contributed by atoms with van der Waals surface area (Å²) in [4.78, 5) is 20.6. The van der Waals surface area contributed by atoms with Crippen LogP contribution >= 0.6 is 0 Å². The van der Waals surface area contributed by atoms with Crippen molar-refractivity contribution in [2.24, 2.45) is 0 Å². The van der Waals surface area contributed by atoms with Gasteiger partial charge in [-0.15, -0.1) is 0 Å². The van der Waals surface area contributed by atoms with Gasteiger partial charge in [-0.2, -0.15) is 0 Å². The number of non-ortho nitro benzene ring substituents is 2. The summed E-state index contributed by atoms with van der Waals surface area (Å²) in [6.45, 7) is 0.519. The van der Waals surface area contributed by atoms with Gasteiger partial charge in [-0.1, -0.05) is 12.1 Å². The van der Waals surface area contributed by atoms with E-state index in [-0.39, 0.29) is 17.5 Å². The molecule has 2 atom stereocenters. The standard InChI is InChI=1S/C15H13N3O5/c19-17(20)12-6-4-10(5-7-12)14-9-16-15(23-14)11-2-1-3-13(8-11)18(21)22/h1-8,14-16H,9H2. The van der Waals surface area contributed by atoms with Gasteiger partial charge in [-0.25, -0.2) is 0 Å². The molecule has 0 radical (unpaired) electrons. The van der Waals surface area contributed by atoms with E-state index >= 15 is 0 Å². The van der Waals surface area contributed by atoms with E-state index in [9.17, 15) is 20.2 Å². The molecule has 3 rings (SSSR count). The van der Waals surface area contributed by atoms with Crippen LogP contribution in [0.3, 0.4) is 0 Å². The molecule has 1 aliphatic heterocycles.